The van der Waals surface area contributed by atoms with Crippen LogP contribution in [-0.4, -0.2) is 36.1 Å². The highest BCUT2D eigenvalue weighted by atomic mass is 16.2. The quantitative estimate of drug-likeness (QED) is 0.363. The molecule has 0 saturated heterocycles. The fraction of sp³-hybridized carbons (Fsp3) is 0.111. The molecule has 0 radical (unpaired) electrons. The first kappa shape index (κ1) is 23.6. The second kappa shape index (κ2) is 9.86. The molecule has 0 bridgehead atoms. The van der Waals surface area contributed by atoms with Crippen LogP contribution in [0.3, 0.4) is 0 Å². The lowest BCUT2D eigenvalue weighted by atomic mass is 10.2. The lowest BCUT2D eigenvalue weighted by Gasteiger charge is -2.18. The summed E-state index contributed by atoms with van der Waals surface area (Å²) in [5, 5.41) is 4.78. The second-order valence-electron chi connectivity index (χ2n) is 8.34. The minimum atomic E-state index is -0.931. The van der Waals surface area contributed by atoms with Crippen molar-refractivity contribution in [3.05, 3.63) is 107 Å². The number of carbonyl (C=O) groups is 2. The number of hydrogen-bond donors (Lipinski definition) is 2. The normalized spacial score (nSPS) is 11.7. The summed E-state index contributed by atoms with van der Waals surface area (Å²) in [5.74, 6) is -0.569. The van der Waals surface area contributed by atoms with Crippen LogP contribution in [0.4, 0.5) is 0 Å². The molecule has 1 atom stereocenters. The molecule has 2 amide bonds. The molecule has 0 spiro atoms. The van der Waals surface area contributed by atoms with E-state index in [9.17, 15) is 14.4 Å². The zero-order chi connectivity index (χ0) is 25.9. The van der Waals surface area contributed by atoms with Gasteiger partial charge < -0.3 is 0 Å². The molecule has 3 aromatic carbocycles. The lowest BCUT2D eigenvalue weighted by molar-refractivity contribution is -0.124. The molecule has 10 heteroatoms. The number of fused-ring (bicyclic) bond motifs is 1. The molecular formula is C27H23N7O3. The van der Waals surface area contributed by atoms with Gasteiger partial charge in [-0.05, 0) is 38.1 Å². The van der Waals surface area contributed by atoms with E-state index < -0.39 is 17.9 Å². The van der Waals surface area contributed by atoms with E-state index in [1.807, 2.05) is 60.7 Å². The minimum Gasteiger partial charge on any atom is -0.284 e. The first-order valence-corrected chi connectivity index (χ1v) is 11.6. The number of carbonyl (C=O) groups excluding carboxylic acids is 2. The maximum atomic E-state index is 13.0. The van der Waals surface area contributed by atoms with Crippen LogP contribution in [0.1, 0.15) is 29.4 Å². The second-order valence-corrected chi connectivity index (χ2v) is 8.34. The Morgan fingerprint density at radius 2 is 1.49 bits per heavy atom. The van der Waals surface area contributed by atoms with Gasteiger partial charge in [0.05, 0.1) is 16.6 Å². The van der Waals surface area contributed by atoms with E-state index in [1.54, 1.807) is 42.8 Å². The van der Waals surface area contributed by atoms with Gasteiger partial charge in [-0.25, -0.2) is 14.6 Å². The molecule has 0 aliphatic rings. The number of nitrogens with one attached hydrogen (secondary N) is 2. The molecule has 2 aromatic heterocycles. The van der Waals surface area contributed by atoms with Crippen molar-refractivity contribution in [2.75, 3.05) is 0 Å². The summed E-state index contributed by atoms with van der Waals surface area (Å²) in [4.78, 5) is 47.6. The predicted molar refractivity (Wildman–Crippen MR) is 138 cm³/mol. The lowest BCUT2D eigenvalue weighted by Crippen LogP contribution is -2.46. The number of aryl methyl sites for hydroxylation is 1. The predicted octanol–water partition coefficient (Wildman–Crippen LogP) is 2.97. The summed E-state index contributed by atoms with van der Waals surface area (Å²) in [5.41, 5.74) is 6.44. The summed E-state index contributed by atoms with van der Waals surface area (Å²) in [7, 11) is 0. The van der Waals surface area contributed by atoms with Gasteiger partial charge in [0.1, 0.15) is 11.9 Å². The molecule has 5 aromatic rings. The van der Waals surface area contributed by atoms with Crippen molar-refractivity contribution in [2.24, 2.45) is 0 Å². The van der Waals surface area contributed by atoms with Crippen molar-refractivity contribution < 1.29 is 9.59 Å². The minimum absolute atomic E-state index is 0.128. The number of aromatic nitrogens is 5. The first-order valence-electron chi connectivity index (χ1n) is 11.6. The Morgan fingerprint density at radius 3 is 2.22 bits per heavy atom. The van der Waals surface area contributed by atoms with Gasteiger partial charge in [0.2, 0.25) is 5.82 Å². The third-order valence-corrected chi connectivity index (χ3v) is 5.89. The summed E-state index contributed by atoms with van der Waals surface area (Å²) in [6.45, 7) is 3.21. The van der Waals surface area contributed by atoms with Gasteiger partial charge in [0.15, 0.2) is 5.82 Å². The number of nitrogens with zero attached hydrogens (tertiary/aromatic N) is 5. The van der Waals surface area contributed by atoms with Gasteiger partial charge >= 0.3 is 5.91 Å². The van der Waals surface area contributed by atoms with Gasteiger partial charge in [-0.3, -0.25) is 29.8 Å². The van der Waals surface area contributed by atoms with Crippen LogP contribution < -0.4 is 16.4 Å². The van der Waals surface area contributed by atoms with E-state index in [1.165, 1.54) is 4.57 Å². The van der Waals surface area contributed by atoms with Crippen LogP contribution in [0, 0.1) is 6.92 Å². The molecule has 1 unspecified atom stereocenters. The molecule has 37 heavy (non-hydrogen) atoms. The van der Waals surface area contributed by atoms with Gasteiger partial charge in [-0.1, -0.05) is 60.7 Å². The van der Waals surface area contributed by atoms with Crippen LogP contribution in [0.15, 0.2) is 89.7 Å². The number of para-hydroxylation sites is 2. The van der Waals surface area contributed by atoms with Crippen molar-refractivity contribution in [2.45, 2.75) is 19.9 Å². The summed E-state index contributed by atoms with van der Waals surface area (Å²) in [6.07, 6.45) is 0. The molecule has 2 heterocycles. The van der Waals surface area contributed by atoms with Gasteiger partial charge in [0.25, 0.3) is 11.5 Å². The number of hydrazine groups is 1. The monoisotopic (exact) mass is 493 g/mol. The Labute approximate surface area is 211 Å². The van der Waals surface area contributed by atoms with Crippen LogP contribution in [-0.2, 0) is 4.79 Å². The molecule has 0 fully saturated rings. The van der Waals surface area contributed by atoms with Crippen molar-refractivity contribution in [3.8, 4) is 17.1 Å². The smallest absolute Gasteiger partial charge is 0.284 e. The number of hydrogen-bond acceptors (Lipinski definition) is 6. The average Bonchev–Trinajstić information content (AvgIpc) is 3.38. The molecular weight excluding hydrogens is 470 g/mol. The molecule has 0 saturated carbocycles. The fourth-order valence-corrected chi connectivity index (χ4v) is 4.04. The highest BCUT2D eigenvalue weighted by Crippen LogP contribution is 2.21. The Bertz CT molecular complexity index is 1600. The van der Waals surface area contributed by atoms with E-state index in [0.29, 0.717) is 22.6 Å². The summed E-state index contributed by atoms with van der Waals surface area (Å²) in [6, 6.07) is 24.7. The third-order valence-electron chi connectivity index (χ3n) is 5.89. The highest BCUT2D eigenvalue weighted by molar-refractivity contribution is 5.93. The van der Waals surface area contributed by atoms with Crippen LogP contribution in [0.5, 0.6) is 0 Å². The largest absolute Gasteiger partial charge is 0.309 e. The summed E-state index contributed by atoms with van der Waals surface area (Å²) < 4.78 is 2.86. The molecule has 5 rings (SSSR count). The van der Waals surface area contributed by atoms with Crippen LogP contribution >= 0.6 is 0 Å². The summed E-state index contributed by atoms with van der Waals surface area (Å²) >= 11 is 0. The molecule has 0 aliphatic carbocycles. The van der Waals surface area contributed by atoms with Gasteiger partial charge in [0, 0.05) is 5.56 Å². The van der Waals surface area contributed by atoms with Gasteiger partial charge in [-0.2, -0.15) is 0 Å². The van der Waals surface area contributed by atoms with E-state index in [2.05, 4.69) is 25.9 Å². The third kappa shape index (κ3) is 4.59. The standard InChI is InChI=1S/C27H23N7O3/c1-17(33-18(2)28-22-16-10-9-15-21(22)27(33)37)25(35)30-31-26(36)23-29-24(19-11-5-3-6-12-19)34(32-23)20-13-7-4-8-14-20/h3-17H,1-2H3,(H,30,35)(H,31,36). The van der Waals surface area contributed by atoms with Crippen molar-refractivity contribution >= 4 is 22.7 Å². The molecule has 2 N–H and O–H groups in total. The SMILES string of the molecule is Cc1nc2ccccc2c(=O)n1C(C)C(=O)NNC(=O)c1nc(-c2ccccc2)n(-c2ccccc2)n1. The average molecular weight is 494 g/mol. The zero-order valence-electron chi connectivity index (χ0n) is 20.1. The topological polar surface area (TPSA) is 124 Å². The van der Waals surface area contributed by atoms with Crippen molar-refractivity contribution in [1.82, 2.24) is 35.2 Å². The molecule has 184 valence electrons. The van der Waals surface area contributed by atoms with Crippen molar-refractivity contribution in [3.63, 3.8) is 0 Å². The first-order chi connectivity index (χ1) is 17.9. The van der Waals surface area contributed by atoms with Crippen LogP contribution in [0.25, 0.3) is 28.0 Å². The van der Waals surface area contributed by atoms with E-state index in [0.717, 1.165) is 11.3 Å². The van der Waals surface area contributed by atoms with E-state index in [-0.39, 0.29) is 11.4 Å². The molecule has 10 nitrogen and oxygen atoms in total. The molecule has 0 aliphatic heterocycles. The number of rotatable bonds is 5. The zero-order valence-corrected chi connectivity index (χ0v) is 20.1. The maximum absolute atomic E-state index is 13.0. The Kier molecular flexibility index (Phi) is 6.29. The van der Waals surface area contributed by atoms with E-state index >= 15 is 0 Å². The van der Waals surface area contributed by atoms with Crippen molar-refractivity contribution in [1.29, 1.82) is 0 Å². The van der Waals surface area contributed by atoms with E-state index in [4.69, 9.17) is 0 Å². The fourth-order valence-electron chi connectivity index (χ4n) is 4.04. The van der Waals surface area contributed by atoms with Crippen LogP contribution in [0.2, 0.25) is 0 Å². The maximum Gasteiger partial charge on any atom is 0.309 e. The highest BCUT2D eigenvalue weighted by Gasteiger charge is 2.23. The Hall–Kier alpha value is -5.12. The Morgan fingerprint density at radius 1 is 0.838 bits per heavy atom. The van der Waals surface area contributed by atoms with Gasteiger partial charge in [-0.15, -0.1) is 5.10 Å². The Balaban J connectivity index is 1.38. The number of amides is 2. The number of benzene rings is 3.